The lowest BCUT2D eigenvalue weighted by Gasteiger charge is -2.12. The lowest BCUT2D eigenvalue weighted by atomic mass is 10.0. The average molecular weight is 447 g/mol. The molecule has 0 aliphatic carbocycles. The van der Waals surface area contributed by atoms with Crippen LogP contribution in [0.2, 0.25) is 0 Å². The average Bonchev–Trinajstić information content (AvgIpc) is 3.38. The van der Waals surface area contributed by atoms with Crippen LogP contribution in [0.25, 0.3) is 28.3 Å². The number of carboxylic acids is 1. The summed E-state index contributed by atoms with van der Waals surface area (Å²) in [6.45, 7) is 0. The van der Waals surface area contributed by atoms with Gasteiger partial charge in [0.25, 0.3) is 0 Å². The Balaban J connectivity index is 1.92. The Morgan fingerprint density at radius 2 is 1.88 bits per heavy atom. The predicted molar refractivity (Wildman–Crippen MR) is 103 cm³/mol. The van der Waals surface area contributed by atoms with Crippen molar-refractivity contribution in [3.8, 4) is 34.0 Å². The van der Waals surface area contributed by atoms with Gasteiger partial charge in [-0.1, -0.05) is 11.2 Å². The van der Waals surface area contributed by atoms with Crippen LogP contribution in [-0.2, 0) is 6.18 Å². The Labute approximate surface area is 177 Å². The van der Waals surface area contributed by atoms with E-state index in [0.717, 1.165) is 18.3 Å². The molecule has 4 rings (SSSR count). The first-order valence-corrected chi connectivity index (χ1v) is 8.99. The van der Waals surface area contributed by atoms with Crippen molar-refractivity contribution < 1.29 is 36.7 Å². The highest BCUT2D eigenvalue weighted by molar-refractivity contribution is 6.00. The topological polar surface area (TPSA) is 90.4 Å². The smallest absolute Gasteiger partial charge is 0.434 e. The maximum atomic E-state index is 14.0. The monoisotopic (exact) mass is 447 g/mol. The number of methoxy groups -OCH3 is 1. The van der Waals surface area contributed by atoms with Crippen molar-refractivity contribution in [3.05, 3.63) is 71.8 Å². The van der Waals surface area contributed by atoms with Crippen LogP contribution in [0.1, 0.15) is 16.1 Å². The second-order valence-corrected chi connectivity index (χ2v) is 6.57. The molecular formula is C21H13F4N3O4. The highest BCUT2D eigenvalue weighted by Crippen LogP contribution is 2.41. The van der Waals surface area contributed by atoms with E-state index in [2.05, 4.69) is 10.3 Å². The summed E-state index contributed by atoms with van der Waals surface area (Å²) in [6, 6.07) is 10.5. The summed E-state index contributed by atoms with van der Waals surface area (Å²) < 4.78 is 66.1. The quantitative estimate of drug-likeness (QED) is 0.430. The summed E-state index contributed by atoms with van der Waals surface area (Å²) in [5.74, 6) is -2.44. The number of aromatic nitrogens is 3. The van der Waals surface area contributed by atoms with Crippen LogP contribution in [0.5, 0.6) is 5.75 Å². The summed E-state index contributed by atoms with van der Waals surface area (Å²) in [6.07, 6.45) is -4.17. The third-order valence-electron chi connectivity index (χ3n) is 4.60. The molecule has 0 saturated carbocycles. The van der Waals surface area contributed by atoms with Gasteiger partial charge in [-0.2, -0.15) is 18.3 Å². The molecule has 2 aromatic carbocycles. The fourth-order valence-electron chi connectivity index (χ4n) is 3.21. The minimum absolute atomic E-state index is 0.165. The standard InChI is InChI=1S/C21H13F4N3O4/c1-31-14-7-5-11(6-8-14)17-16(20(29)30)18(32-27-17)15-10-26-28(19(15)21(23,24)25)13-4-2-3-12(22)9-13/h2-10H,1H3,(H,29,30). The van der Waals surface area contributed by atoms with Crippen molar-refractivity contribution in [2.24, 2.45) is 0 Å². The number of rotatable bonds is 5. The molecule has 7 nitrogen and oxygen atoms in total. The van der Waals surface area contributed by atoms with Gasteiger partial charge in [0.1, 0.15) is 22.8 Å². The number of aromatic carboxylic acids is 1. The first kappa shape index (κ1) is 21.1. The number of ether oxygens (including phenoxy) is 1. The van der Waals surface area contributed by atoms with E-state index in [1.165, 1.54) is 31.4 Å². The fourth-order valence-corrected chi connectivity index (χ4v) is 3.21. The van der Waals surface area contributed by atoms with E-state index in [4.69, 9.17) is 9.26 Å². The van der Waals surface area contributed by atoms with E-state index in [1.807, 2.05) is 0 Å². The molecule has 2 heterocycles. The molecule has 0 aliphatic rings. The molecular weight excluding hydrogens is 434 g/mol. The van der Waals surface area contributed by atoms with Gasteiger partial charge in [0.05, 0.1) is 24.6 Å². The number of carboxylic acid groups (broad SMARTS) is 1. The van der Waals surface area contributed by atoms with E-state index in [1.54, 1.807) is 12.1 Å². The lowest BCUT2D eigenvalue weighted by Crippen LogP contribution is -2.15. The molecule has 2 aromatic heterocycles. The molecule has 0 amide bonds. The molecule has 0 unspecified atom stereocenters. The summed E-state index contributed by atoms with van der Waals surface area (Å²) >= 11 is 0. The fraction of sp³-hybridized carbons (Fsp3) is 0.0952. The van der Waals surface area contributed by atoms with Crippen molar-refractivity contribution in [2.45, 2.75) is 6.18 Å². The van der Waals surface area contributed by atoms with Crippen molar-refractivity contribution >= 4 is 5.97 Å². The van der Waals surface area contributed by atoms with Gasteiger partial charge in [-0.25, -0.2) is 13.9 Å². The van der Waals surface area contributed by atoms with E-state index >= 15 is 0 Å². The Hall–Kier alpha value is -4.15. The van der Waals surface area contributed by atoms with Gasteiger partial charge in [-0.05, 0) is 42.5 Å². The van der Waals surface area contributed by atoms with Crippen LogP contribution in [0.4, 0.5) is 17.6 Å². The Morgan fingerprint density at radius 1 is 1.16 bits per heavy atom. The van der Waals surface area contributed by atoms with Crippen LogP contribution in [-0.4, -0.2) is 33.1 Å². The summed E-state index contributed by atoms with van der Waals surface area (Å²) in [5.41, 5.74) is -2.62. The first-order chi connectivity index (χ1) is 15.2. The van der Waals surface area contributed by atoms with Gasteiger partial charge >= 0.3 is 12.1 Å². The molecule has 4 aromatic rings. The zero-order valence-corrected chi connectivity index (χ0v) is 16.2. The van der Waals surface area contributed by atoms with Crippen molar-refractivity contribution in [1.29, 1.82) is 0 Å². The molecule has 0 spiro atoms. The highest BCUT2D eigenvalue weighted by Gasteiger charge is 2.41. The van der Waals surface area contributed by atoms with Crippen LogP contribution >= 0.6 is 0 Å². The molecule has 0 fully saturated rings. The minimum atomic E-state index is -4.97. The Kier molecular flexibility index (Phi) is 5.17. The third kappa shape index (κ3) is 3.68. The normalized spacial score (nSPS) is 11.5. The van der Waals surface area contributed by atoms with E-state index < -0.39 is 40.5 Å². The summed E-state index contributed by atoms with van der Waals surface area (Å²) in [5, 5.41) is 17.1. The summed E-state index contributed by atoms with van der Waals surface area (Å²) in [7, 11) is 1.45. The van der Waals surface area contributed by atoms with Gasteiger partial charge in [0.2, 0.25) is 0 Å². The van der Waals surface area contributed by atoms with Crippen LogP contribution in [0, 0.1) is 5.82 Å². The van der Waals surface area contributed by atoms with Gasteiger partial charge in [-0.3, -0.25) is 0 Å². The van der Waals surface area contributed by atoms with Gasteiger partial charge in [0.15, 0.2) is 11.5 Å². The van der Waals surface area contributed by atoms with Gasteiger partial charge < -0.3 is 14.4 Å². The zero-order valence-electron chi connectivity index (χ0n) is 16.2. The summed E-state index contributed by atoms with van der Waals surface area (Å²) in [4.78, 5) is 12.0. The number of nitrogens with zero attached hydrogens (tertiary/aromatic N) is 3. The van der Waals surface area contributed by atoms with Crippen molar-refractivity contribution in [1.82, 2.24) is 14.9 Å². The lowest BCUT2D eigenvalue weighted by molar-refractivity contribution is -0.142. The zero-order chi connectivity index (χ0) is 23.0. The second kappa shape index (κ2) is 7.84. The largest absolute Gasteiger partial charge is 0.497 e. The number of benzene rings is 2. The number of halogens is 4. The molecule has 164 valence electrons. The minimum Gasteiger partial charge on any atom is -0.497 e. The van der Waals surface area contributed by atoms with E-state index in [-0.39, 0.29) is 11.4 Å². The van der Waals surface area contributed by atoms with Gasteiger partial charge in [-0.15, -0.1) is 0 Å². The highest BCUT2D eigenvalue weighted by atomic mass is 19.4. The predicted octanol–water partition coefficient (Wildman–Crippen LogP) is 5.06. The number of hydrogen-bond acceptors (Lipinski definition) is 5. The Morgan fingerprint density at radius 3 is 2.47 bits per heavy atom. The van der Waals surface area contributed by atoms with Crippen molar-refractivity contribution in [3.63, 3.8) is 0 Å². The molecule has 32 heavy (non-hydrogen) atoms. The molecule has 0 radical (unpaired) electrons. The van der Waals surface area contributed by atoms with Crippen LogP contribution in [0.3, 0.4) is 0 Å². The SMILES string of the molecule is COc1ccc(-c2noc(-c3cnn(-c4cccc(F)c4)c3C(F)(F)F)c2C(=O)O)cc1. The Bertz CT molecular complexity index is 1290. The van der Waals surface area contributed by atoms with Crippen molar-refractivity contribution in [2.75, 3.05) is 7.11 Å². The number of hydrogen-bond donors (Lipinski definition) is 1. The molecule has 11 heteroatoms. The molecule has 0 saturated heterocycles. The number of carbonyl (C=O) groups is 1. The van der Waals surface area contributed by atoms with Gasteiger partial charge in [0, 0.05) is 5.56 Å². The first-order valence-electron chi connectivity index (χ1n) is 8.99. The third-order valence-corrected chi connectivity index (χ3v) is 4.60. The van der Waals surface area contributed by atoms with E-state index in [9.17, 15) is 27.5 Å². The van der Waals surface area contributed by atoms with E-state index in [0.29, 0.717) is 16.0 Å². The maximum Gasteiger partial charge on any atom is 0.434 e. The molecule has 0 bridgehead atoms. The molecule has 1 N–H and O–H groups in total. The maximum absolute atomic E-state index is 14.0. The molecule has 0 atom stereocenters. The molecule has 0 aliphatic heterocycles. The second-order valence-electron chi connectivity index (χ2n) is 6.57. The van der Waals surface area contributed by atoms with Crippen LogP contribution in [0.15, 0.2) is 59.3 Å². The number of alkyl halides is 3. The van der Waals surface area contributed by atoms with Crippen LogP contribution < -0.4 is 4.74 Å².